The average Bonchev–Trinajstić information content (AvgIpc) is 3.02. The van der Waals surface area contributed by atoms with Gasteiger partial charge in [-0.2, -0.15) is 5.10 Å². The molecule has 0 spiro atoms. The zero-order valence-electron chi connectivity index (χ0n) is 14.2. The van der Waals surface area contributed by atoms with E-state index in [0.717, 1.165) is 24.3 Å². The van der Waals surface area contributed by atoms with Crippen LogP contribution in [0.5, 0.6) is 0 Å². The quantitative estimate of drug-likeness (QED) is 0.906. The van der Waals surface area contributed by atoms with Crippen LogP contribution in [-0.2, 0) is 16.1 Å². The van der Waals surface area contributed by atoms with Crippen LogP contribution >= 0.6 is 0 Å². The Morgan fingerprint density at radius 3 is 2.67 bits per heavy atom. The molecule has 1 aromatic heterocycles. The third-order valence-electron chi connectivity index (χ3n) is 4.01. The molecular weight excluding hydrogens is 304 g/mol. The van der Waals surface area contributed by atoms with Crippen molar-refractivity contribution in [1.29, 1.82) is 0 Å². The van der Waals surface area contributed by atoms with Crippen molar-refractivity contribution in [3.63, 3.8) is 0 Å². The Morgan fingerprint density at radius 1 is 1.25 bits per heavy atom. The summed E-state index contributed by atoms with van der Waals surface area (Å²) in [6, 6.07) is 9.92. The lowest BCUT2D eigenvalue weighted by Crippen LogP contribution is -2.49. The van der Waals surface area contributed by atoms with Crippen molar-refractivity contribution < 1.29 is 9.53 Å². The number of para-hydroxylation sites is 1. The van der Waals surface area contributed by atoms with E-state index in [1.54, 1.807) is 6.20 Å². The van der Waals surface area contributed by atoms with E-state index < -0.39 is 0 Å². The van der Waals surface area contributed by atoms with Crippen LogP contribution in [-0.4, -0.2) is 52.4 Å². The maximum Gasteiger partial charge on any atom is 0.234 e. The monoisotopic (exact) mass is 328 g/mol. The summed E-state index contributed by atoms with van der Waals surface area (Å²) in [7, 11) is 0. The molecule has 0 saturated carbocycles. The van der Waals surface area contributed by atoms with Crippen molar-refractivity contribution in [2.75, 3.05) is 19.6 Å². The summed E-state index contributed by atoms with van der Waals surface area (Å²) >= 11 is 0. The minimum Gasteiger partial charge on any atom is -0.373 e. The fourth-order valence-corrected chi connectivity index (χ4v) is 3.05. The highest BCUT2D eigenvalue weighted by molar-refractivity contribution is 5.78. The molecule has 1 aliphatic rings. The summed E-state index contributed by atoms with van der Waals surface area (Å²) in [5, 5.41) is 7.30. The number of hydrogen-bond donors (Lipinski definition) is 1. The Labute approximate surface area is 142 Å². The maximum absolute atomic E-state index is 12.2. The van der Waals surface area contributed by atoms with Crippen LogP contribution in [0.15, 0.2) is 42.7 Å². The molecule has 1 fully saturated rings. The van der Waals surface area contributed by atoms with Gasteiger partial charge in [-0.3, -0.25) is 9.69 Å². The molecule has 24 heavy (non-hydrogen) atoms. The maximum atomic E-state index is 12.2. The fraction of sp³-hybridized carbons (Fsp3) is 0.444. The third kappa shape index (κ3) is 4.43. The van der Waals surface area contributed by atoms with Crippen LogP contribution in [0.25, 0.3) is 5.69 Å². The van der Waals surface area contributed by atoms with Gasteiger partial charge in [0, 0.05) is 31.4 Å². The zero-order chi connectivity index (χ0) is 16.9. The van der Waals surface area contributed by atoms with Crippen molar-refractivity contribution in [1.82, 2.24) is 20.0 Å². The van der Waals surface area contributed by atoms with Gasteiger partial charge in [-0.1, -0.05) is 18.2 Å². The van der Waals surface area contributed by atoms with Gasteiger partial charge < -0.3 is 10.1 Å². The number of carbonyl (C=O) groups is 1. The lowest BCUT2D eigenvalue weighted by Gasteiger charge is -2.34. The van der Waals surface area contributed by atoms with E-state index in [9.17, 15) is 4.79 Å². The molecule has 2 aromatic rings. The molecule has 6 nitrogen and oxygen atoms in total. The smallest absolute Gasteiger partial charge is 0.234 e. The van der Waals surface area contributed by atoms with Gasteiger partial charge in [0.1, 0.15) is 0 Å². The number of hydrogen-bond acceptors (Lipinski definition) is 4. The summed E-state index contributed by atoms with van der Waals surface area (Å²) in [4.78, 5) is 14.3. The van der Waals surface area contributed by atoms with Crippen molar-refractivity contribution in [3.8, 4) is 5.69 Å². The molecule has 1 saturated heterocycles. The van der Waals surface area contributed by atoms with Gasteiger partial charge in [0.05, 0.1) is 30.6 Å². The Kier molecular flexibility index (Phi) is 5.27. The van der Waals surface area contributed by atoms with Gasteiger partial charge in [-0.25, -0.2) is 4.68 Å². The van der Waals surface area contributed by atoms with E-state index in [4.69, 9.17) is 4.74 Å². The Balaban J connectivity index is 1.49. The van der Waals surface area contributed by atoms with Crippen molar-refractivity contribution in [2.45, 2.75) is 32.6 Å². The number of benzene rings is 1. The topological polar surface area (TPSA) is 59.4 Å². The fourth-order valence-electron chi connectivity index (χ4n) is 3.05. The molecule has 128 valence electrons. The number of rotatable bonds is 5. The predicted octanol–water partition coefficient (Wildman–Crippen LogP) is 1.60. The highest BCUT2D eigenvalue weighted by Gasteiger charge is 2.23. The molecular formula is C18H24N4O2. The van der Waals surface area contributed by atoms with E-state index in [0.29, 0.717) is 13.1 Å². The van der Waals surface area contributed by atoms with Gasteiger partial charge in [0.2, 0.25) is 5.91 Å². The molecule has 1 amide bonds. The number of amides is 1. The van der Waals surface area contributed by atoms with Crippen LogP contribution in [0.3, 0.4) is 0 Å². The summed E-state index contributed by atoms with van der Waals surface area (Å²) in [5.41, 5.74) is 1.99. The Bertz CT molecular complexity index is 661. The van der Waals surface area contributed by atoms with E-state index in [2.05, 4.69) is 15.3 Å². The molecule has 6 heteroatoms. The normalized spacial score (nSPS) is 21.6. The molecule has 0 radical (unpaired) electrons. The summed E-state index contributed by atoms with van der Waals surface area (Å²) < 4.78 is 7.50. The highest BCUT2D eigenvalue weighted by atomic mass is 16.5. The molecule has 0 unspecified atom stereocenters. The van der Waals surface area contributed by atoms with Gasteiger partial charge in [-0.05, 0) is 26.0 Å². The van der Waals surface area contributed by atoms with E-state index >= 15 is 0 Å². The minimum absolute atomic E-state index is 0.0313. The second-order valence-corrected chi connectivity index (χ2v) is 6.36. The van der Waals surface area contributed by atoms with Crippen LogP contribution < -0.4 is 5.32 Å². The van der Waals surface area contributed by atoms with Crippen LogP contribution in [0.2, 0.25) is 0 Å². The molecule has 3 rings (SSSR count). The first kappa shape index (κ1) is 16.7. The number of aromatic nitrogens is 2. The minimum atomic E-state index is 0.0313. The van der Waals surface area contributed by atoms with Crippen LogP contribution in [0.4, 0.5) is 0 Å². The largest absolute Gasteiger partial charge is 0.373 e. The van der Waals surface area contributed by atoms with E-state index in [-0.39, 0.29) is 18.1 Å². The molecule has 1 N–H and O–H groups in total. The van der Waals surface area contributed by atoms with E-state index in [1.807, 2.05) is 55.1 Å². The third-order valence-corrected chi connectivity index (χ3v) is 4.01. The highest BCUT2D eigenvalue weighted by Crippen LogP contribution is 2.10. The van der Waals surface area contributed by atoms with Crippen LogP contribution in [0.1, 0.15) is 19.4 Å². The molecule has 2 heterocycles. The average molecular weight is 328 g/mol. The standard InChI is InChI=1S/C18H24N4O2/c1-14-10-21(11-15(2)24-14)13-18(23)19-8-16-9-20-22(12-16)17-6-4-3-5-7-17/h3-7,9,12,14-15H,8,10-11,13H2,1-2H3,(H,19,23)/t14-,15+. The first-order valence-corrected chi connectivity index (χ1v) is 8.33. The number of carbonyl (C=O) groups excluding carboxylic acids is 1. The predicted molar refractivity (Wildman–Crippen MR) is 91.9 cm³/mol. The number of ether oxygens (including phenoxy) is 1. The molecule has 0 bridgehead atoms. The zero-order valence-corrected chi connectivity index (χ0v) is 14.2. The van der Waals surface area contributed by atoms with Crippen molar-refractivity contribution >= 4 is 5.91 Å². The number of nitrogens with one attached hydrogen (secondary N) is 1. The lowest BCUT2D eigenvalue weighted by atomic mass is 10.2. The second kappa shape index (κ2) is 7.59. The Morgan fingerprint density at radius 2 is 1.96 bits per heavy atom. The van der Waals surface area contributed by atoms with Gasteiger partial charge in [0.15, 0.2) is 0 Å². The number of morpholine rings is 1. The SMILES string of the molecule is C[C@@H]1CN(CC(=O)NCc2cnn(-c3ccccc3)c2)C[C@H](C)O1. The molecule has 2 atom stereocenters. The molecule has 0 aliphatic carbocycles. The summed E-state index contributed by atoms with van der Waals surface area (Å²) in [5.74, 6) is 0.0313. The summed E-state index contributed by atoms with van der Waals surface area (Å²) in [6.45, 7) is 6.57. The van der Waals surface area contributed by atoms with Gasteiger partial charge >= 0.3 is 0 Å². The summed E-state index contributed by atoms with van der Waals surface area (Å²) in [6.07, 6.45) is 4.07. The molecule has 1 aliphatic heterocycles. The van der Waals surface area contributed by atoms with Crippen molar-refractivity contribution in [3.05, 3.63) is 48.3 Å². The second-order valence-electron chi connectivity index (χ2n) is 6.36. The first-order valence-electron chi connectivity index (χ1n) is 8.33. The first-order chi connectivity index (χ1) is 11.6. The van der Waals surface area contributed by atoms with E-state index in [1.165, 1.54) is 0 Å². The van der Waals surface area contributed by atoms with Gasteiger partial charge in [-0.15, -0.1) is 0 Å². The molecule has 1 aromatic carbocycles. The van der Waals surface area contributed by atoms with Crippen LogP contribution in [0, 0.1) is 0 Å². The number of nitrogens with zero attached hydrogens (tertiary/aromatic N) is 3. The van der Waals surface area contributed by atoms with Crippen molar-refractivity contribution in [2.24, 2.45) is 0 Å². The Hall–Kier alpha value is -2.18. The lowest BCUT2D eigenvalue weighted by molar-refractivity contribution is -0.126. The van der Waals surface area contributed by atoms with Gasteiger partial charge in [0.25, 0.3) is 0 Å².